The molecule has 140 valence electrons. The normalized spacial score (nSPS) is 11.3. The third-order valence-electron chi connectivity index (χ3n) is 3.18. The molecule has 26 heavy (non-hydrogen) atoms. The maximum Gasteiger partial charge on any atom is 0.325 e. The van der Waals surface area contributed by atoms with Crippen LogP contribution in [0.5, 0.6) is 0 Å². The molecule has 1 heterocycles. The minimum absolute atomic E-state index is 0.0577. The van der Waals surface area contributed by atoms with Crippen LogP contribution in [0.1, 0.15) is 10.4 Å². The molecule has 2 rings (SSSR count). The van der Waals surface area contributed by atoms with Gasteiger partial charge in [0, 0.05) is 31.5 Å². The van der Waals surface area contributed by atoms with Crippen molar-refractivity contribution in [3.05, 3.63) is 42.1 Å². The molecule has 0 radical (unpaired) electrons. The Bertz CT molecular complexity index is 893. The minimum atomic E-state index is -3.77. The van der Waals surface area contributed by atoms with Crippen molar-refractivity contribution >= 4 is 27.7 Å². The number of aliphatic carboxylic acids is 1. The van der Waals surface area contributed by atoms with Crippen molar-refractivity contribution in [2.75, 3.05) is 25.6 Å². The Morgan fingerprint density at radius 3 is 2.77 bits per heavy atom. The van der Waals surface area contributed by atoms with Gasteiger partial charge in [0.05, 0.1) is 11.5 Å². The van der Waals surface area contributed by atoms with Gasteiger partial charge >= 0.3 is 5.97 Å². The van der Waals surface area contributed by atoms with Crippen LogP contribution in [0.3, 0.4) is 0 Å². The van der Waals surface area contributed by atoms with Crippen LogP contribution in [0, 0.1) is 0 Å². The number of ether oxygens (including phenoxy) is 1. The van der Waals surface area contributed by atoms with Gasteiger partial charge in [-0.3, -0.25) is 14.3 Å². The summed E-state index contributed by atoms with van der Waals surface area (Å²) >= 11 is 0. The predicted octanol–water partition coefficient (Wildman–Crippen LogP) is 0.145. The van der Waals surface area contributed by atoms with Gasteiger partial charge in [-0.15, -0.1) is 0 Å². The third-order valence-corrected chi connectivity index (χ3v) is 4.64. The first-order chi connectivity index (χ1) is 12.3. The van der Waals surface area contributed by atoms with Gasteiger partial charge in [0.25, 0.3) is 5.91 Å². The highest BCUT2D eigenvalue weighted by molar-refractivity contribution is 7.89. The Balaban J connectivity index is 2.10. The second-order valence-corrected chi connectivity index (χ2v) is 6.93. The minimum Gasteiger partial charge on any atom is -0.480 e. The van der Waals surface area contributed by atoms with E-state index in [1.807, 2.05) is 0 Å². The van der Waals surface area contributed by atoms with E-state index in [-0.39, 0.29) is 36.0 Å². The van der Waals surface area contributed by atoms with Gasteiger partial charge in [-0.05, 0) is 18.2 Å². The molecule has 0 aliphatic heterocycles. The average Bonchev–Trinajstić information content (AvgIpc) is 3.01. The highest BCUT2D eigenvalue weighted by atomic mass is 32.2. The molecule has 0 spiro atoms. The molecule has 0 bridgehead atoms. The Labute approximate surface area is 149 Å². The Morgan fingerprint density at radius 2 is 2.08 bits per heavy atom. The molecule has 1 aromatic carbocycles. The summed E-state index contributed by atoms with van der Waals surface area (Å²) in [4.78, 5) is 22.8. The lowest BCUT2D eigenvalue weighted by Gasteiger charge is -2.08. The monoisotopic (exact) mass is 382 g/mol. The molecule has 0 aliphatic rings. The molecular weight excluding hydrogens is 364 g/mol. The van der Waals surface area contributed by atoms with Crippen molar-refractivity contribution < 1.29 is 27.9 Å². The molecule has 0 unspecified atom stereocenters. The van der Waals surface area contributed by atoms with Crippen LogP contribution in [-0.2, 0) is 26.1 Å². The number of methoxy groups -OCH3 is 1. The molecule has 1 amide bonds. The van der Waals surface area contributed by atoms with E-state index in [0.717, 1.165) is 4.68 Å². The standard InChI is InChI=1S/C15H18N4O6S/c1-25-8-6-16-26(23,24)12-4-2-3-11(9-12)15(22)17-13-5-7-19(18-13)10-14(20)21/h2-5,7,9,16H,6,8,10H2,1H3,(H,20,21)(H,17,18,22). The first-order valence-electron chi connectivity index (χ1n) is 7.47. The number of benzene rings is 1. The second-order valence-electron chi connectivity index (χ2n) is 5.16. The number of anilines is 1. The highest BCUT2D eigenvalue weighted by Gasteiger charge is 2.16. The number of hydrogen-bond acceptors (Lipinski definition) is 6. The molecule has 3 N–H and O–H groups in total. The summed E-state index contributed by atoms with van der Waals surface area (Å²) in [6, 6.07) is 6.94. The number of nitrogens with one attached hydrogen (secondary N) is 2. The van der Waals surface area contributed by atoms with Crippen LogP contribution in [0.15, 0.2) is 41.4 Å². The molecule has 10 nitrogen and oxygen atoms in total. The summed E-state index contributed by atoms with van der Waals surface area (Å²) in [6.45, 7) is -0.00851. The smallest absolute Gasteiger partial charge is 0.325 e. The lowest BCUT2D eigenvalue weighted by Crippen LogP contribution is -2.27. The molecular formula is C15H18N4O6S. The van der Waals surface area contributed by atoms with E-state index in [9.17, 15) is 18.0 Å². The fraction of sp³-hybridized carbons (Fsp3) is 0.267. The maximum absolute atomic E-state index is 12.3. The molecule has 0 aliphatic carbocycles. The number of carbonyl (C=O) groups is 2. The van der Waals surface area contributed by atoms with Gasteiger partial charge in [-0.25, -0.2) is 13.1 Å². The quantitative estimate of drug-likeness (QED) is 0.524. The summed E-state index contributed by atoms with van der Waals surface area (Å²) in [5.41, 5.74) is 0.118. The van der Waals surface area contributed by atoms with Gasteiger partial charge in [-0.2, -0.15) is 5.10 Å². The molecule has 0 fully saturated rings. The molecule has 0 saturated carbocycles. The molecule has 1 aromatic heterocycles. The lowest BCUT2D eigenvalue weighted by molar-refractivity contribution is -0.137. The number of aromatic nitrogens is 2. The average molecular weight is 382 g/mol. The van der Waals surface area contributed by atoms with Crippen molar-refractivity contribution in [1.82, 2.24) is 14.5 Å². The van der Waals surface area contributed by atoms with Gasteiger partial charge in [0.15, 0.2) is 5.82 Å². The molecule has 0 saturated heterocycles. The number of carboxylic acid groups (broad SMARTS) is 1. The summed E-state index contributed by atoms with van der Waals surface area (Å²) in [6.07, 6.45) is 1.41. The van der Waals surface area contributed by atoms with Gasteiger partial charge in [0.2, 0.25) is 10.0 Å². The zero-order chi connectivity index (χ0) is 19.2. The fourth-order valence-electron chi connectivity index (χ4n) is 2.01. The van der Waals surface area contributed by atoms with E-state index in [2.05, 4.69) is 15.1 Å². The maximum atomic E-state index is 12.3. The van der Waals surface area contributed by atoms with Crippen LogP contribution in [-0.4, -0.2) is 55.4 Å². The summed E-state index contributed by atoms with van der Waals surface area (Å²) in [5.74, 6) is -1.48. The number of carboxylic acids is 1. The number of nitrogens with zero attached hydrogens (tertiary/aromatic N) is 2. The van der Waals surface area contributed by atoms with E-state index in [1.54, 1.807) is 0 Å². The van der Waals surface area contributed by atoms with Crippen molar-refractivity contribution in [3.63, 3.8) is 0 Å². The second kappa shape index (κ2) is 8.56. The molecule has 0 atom stereocenters. The number of hydrogen-bond donors (Lipinski definition) is 3. The Morgan fingerprint density at radius 1 is 1.31 bits per heavy atom. The zero-order valence-corrected chi connectivity index (χ0v) is 14.7. The van der Waals surface area contributed by atoms with E-state index < -0.39 is 21.9 Å². The first kappa shape index (κ1) is 19.6. The SMILES string of the molecule is COCCNS(=O)(=O)c1cccc(C(=O)Nc2ccn(CC(=O)O)n2)c1. The number of carbonyl (C=O) groups excluding carboxylic acids is 1. The van der Waals surface area contributed by atoms with Crippen LogP contribution in [0.4, 0.5) is 5.82 Å². The van der Waals surface area contributed by atoms with E-state index in [0.29, 0.717) is 0 Å². The van der Waals surface area contributed by atoms with E-state index in [1.165, 1.54) is 43.6 Å². The number of amides is 1. The number of sulfonamides is 1. The van der Waals surface area contributed by atoms with E-state index >= 15 is 0 Å². The van der Waals surface area contributed by atoms with Crippen LogP contribution >= 0.6 is 0 Å². The summed E-state index contributed by atoms with van der Waals surface area (Å²) in [5, 5.41) is 15.1. The van der Waals surface area contributed by atoms with Gasteiger partial charge in [0.1, 0.15) is 6.54 Å². The zero-order valence-electron chi connectivity index (χ0n) is 13.9. The highest BCUT2D eigenvalue weighted by Crippen LogP contribution is 2.13. The van der Waals surface area contributed by atoms with E-state index in [4.69, 9.17) is 9.84 Å². The van der Waals surface area contributed by atoms with Gasteiger partial charge < -0.3 is 15.2 Å². The first-order valence-corrected chi connectivity index (χ1v) is 8.95. The number of rotatable bonds is 9. The predicted molar refractivity (Wildman–Crippen MR) is 91.3 cm³/mol. The summed E-state index contributed by atoms with van der Waals surface area (Å²) < 4.78 is 32.7. The van der Waals surface area contributed by atoms with Crippen LogP contribution in [0.25, 0.3) is 0 Å². The van der Waals surface area contributed by atoms with Crippen molar-refractivity contribution in [2.45, 2.75) is 11.4 Å². The lowest BCUT2D eigenvalue weighted by atomic mass is 10.2. The van der Waals surface area contributed by atoms with Crippen molar-refractivity contribution in [3.8, 4) is 0 Å². The summed E-state index contributed by atoms with van der Waals surface area (Å²) in [7, 11) is -2.31. The molecule has 11 heteroatoms. The van der Waals surface area contributed by atoms with Crippen molar-refractivity contribution in [2.24, 2.45) is 0 Å². The fourth-order valence-corrected chi connectivity index (χ4v) is 3.07. The van der Waals surface area contributed by atoms with Crippen LogP contribution in [0.2, 0.25) is 0 Å². The third kappa shape index (κ3) is 5.37. The van der Waals surface area contributed by atoms with Gasteiger partial charge in [-0.1, -0.05) is 6.07 Å². The van der Waals surface area contributed by atoms with Crippen LogP contribution < -0.4 is 10.0 Å². The Hall–Kier alpha value is -2.76. The molecule has 2 aromatic rings. The Kier molecular flexibility index (Phi) is 6.44. The largest absolute Gasteiger partial charge is 0.480 e. The van der Waals surface area contributed by atoms with Crippen molar-refractivity contribution in [1.29, 1.82) is 0 Å². The topological polar surface area (TPSA) is 140 Å².